The normalized spacial score (nSPS) is 10.3. The van der Waals surface area contributed by atoms with Crippen molar-refractivity contribution in [1.29, 1.82) is 0 Å². The van der Waals surface area contributed by atoms with Gasteiger partial charge in [0.1, 0.15) is 24.7 Å². The Balaban J connectivity index is 1.53. The zero-order valence-electron chi connectivity index (χ0n) is 14.1. The predicted molar refractivity (Wildman–Crippen MR) is 98.9 cm³/mol. The largest absolute Gasteiger partial charge is 0.507 e. The van der Waals surface area contributed by atoms with E-state index >= 15 is 0 Å². The number of hydrogen-bond acceptors (Lipinski definition) is 4. The molecule has 0 unspecified atom stereocenters. The topological polar surface area (TPSA) is 67.8 Å². The van der Waals surface area contributed by atoms with E-state index in [4.69, 9.17) is 9.57 Å². The van der Waals surface area contributed by atoms with Crippen LogP contribution in [-0.4, -0.2) is 24.2 Å². The molecule has 5 heteroatoms. The first-order chi connectivity index (χ1) is 12.7. The van der Waals surface area contributed by atoms with Crippen molar-refractivity contribution in [3.63, 3.8) is 0 Å². The van der Waals surface area contributed by atoms with Crippen LogP contribution in [0.15, 0.2) is 78.9 Å². The fraction of sp³-hybridized carbons (Fsp3) is 0.0952. The molecule has 2 N–H and O–H groups in total. The van der Waals surface area contributed by atoms with Crippen LogP contribution in [0.5, 0.6) is 11.5 Å². The van der Waals surface area contributed by atoms with E-state index in [1.54, 1.807) is 12.1 Å². The van der Waals surface area contributed by atoms with E-state index in [9.17, 15) is 9.90 Å². The number of rotatable bonds is 7. The highest BCUT2D eigenvalue weighted by Crippen LogP contribution is 2.29. The molecule has 0 heterocycles. The van der Waals surface area contributed by atoms with Crippen LogP contribution in [0.2, 0.25) is 0 Å². The van der Waals surface area contributed by atoms with E-state index in [-0.39, 0.29) is 18.3 Å². The monoisotopic (exact) mass is 349 g/mol. The van der Waals surface area contributed by atoms with Crippen LogP contribution < -0.4 is 10.2 Å². The van der Waals surface area contributed by atoms with E-state index < -0.39 is 0 Å². The zero-order valence-corrected chi connectivity index (χ0v) is 14.1. The molecule has 1 amide bonds. The number of benzene rings is 3. The molecule has 0 bridgehead atoms. The number of phenols is 1. The number of carbonyl (C=O) groups is 1. The smallest absolute Gasteiger partial charge is 0.274 e. The molecule has 0 aliphatic carbocycles. The molecule has 132 valence electrons. The Kier molecular flexibility index (Phi) is 5.85. The van der Waals surface area contributed by atoms with Gasteiger partial charge in [0.15, 0.2) is 0 Å². The SMILES string of the molecule is O=C(NOCCOc1ccccc1)c1ccc(O)c(-c2ccccc2)c1. The third kappa shape index (κ3) is 4.62. The maximum atomic E-state index is 12.2. The molecule has 0 fully saturated rings. The van der Waals surface area contributed by atoms with Gasteiger partial charge in [0, 0.05) is 11.1 Å². The Morgan fingerprint density at radius 2 is 1.58 bits per heavy atom. The summed E-state index contributed by atoms with van der Waals surface area (Å²) in [5.41, 5.74) is 4.20. The molecule has 26 heavy (non-hydrogen) atoms. The van der Waals surface area contributed by atoms with Crippen molar-refractivity contribution in [3.05, 3.63) is 84.4 Å². The molecule has 0 aliphatic rings. The van der Waals surface area contributed by atoms with Gasteiger partial charge < -0.3 is 9.84 Å². The number of phenolic OH excluding ortho intramolecular Hbond substituents is 1. The second-order valence-corrected chi connectivity index (χ2v) is 5.54. The van der Waals surface area contributed by atoms with Crippen molar-refractivity contribution >= 4 is 5.91 Å². The van der Waals surface area contributed by atoms with E-state index in [0.29, 0.717) is 17.7 Å². The highest BCUT2D eigenvalue weighted by Gasteiger charge is 2.10. The quantitative estimate of drug-likeness (QED) is 0.503. The number of hydroxylamine groups is 1. The van der Waals surface area contributed by atoms with Gasteiger partial charge in [-0.15, -0.1) is 0 Å². The standard InChI is InChI=1S/C21H19NO4/c23-20-12-11-17(15-19(20)16-7-3-1-4-8-16)21(24)22-26-14-13-25-18-9-5-2-6-10-18/h1-12,15,23H,13-14H2,(H,22,24). The van der Waals surface area contributed by atoms with Crippen LogP contribution in [0.25, 0.3) is 11.1 Å². The summed E-state index contributed by atoms with van der Waals surface area (Å²) in [5.74, 6) is 0.472. The molecule has 0 aromatic heterocycles. The molecule has 5 nitrogen and oxygen atoms in total. The summed E-state index contributed by atoms with van der Waals surface area (Å²) in [6, 6.07) is 23.4. The molecule has 0 saturated carbocycles. The first-order valence-electron chi connectivity index (χ1n) is 8.22. The Morgan fingerprint density at radius 3 is 2.31 bits per heavy atom. The van der Waals surface area contributed by atoms with Gasteiger partial charge in [-0.3, -0.25) is 9.63 Å². The minimum atomic E-state index is -0.387. The fourth-order valence-electron chi connectivity index (χ4n) is 2.42. The van der Waals surface area contributed by atoms with Gasteiger partial charge in [-0.25, -0.2) is 5.48 Å². The lowest BCUT2D eigenvalue weighted by Crippen LogP contribution is -2.26. The second-order valence-electron chi connectivity index (χ2n) is 5.54. The Hall–Kier alpha value is -3.31. The van der Waals surface area contributed by atoms with E-state index in [1.165, 1.54) is 6.07 Å². The predicted octanol–water partition coefficient (Wildman–Crippen LogP) is 3.80. The van der Waals surface area contributed by atoms with E-state index in [2.05, 4.69) is 5.48 Å². The Morgan fingerprint density at radius 1 is 0.885 bits per heavy atom. The Bertz CT molecular complexity index is 850. The van der Waals surface area contributed by atoms with Crippen molar-refractivity contribution in [2.75, 3.05) is 13.2 Å². The number of aromatic hydroxyl groups is 1. The third-order valence-electron chi connectivity index (χ3n) is 3.71. The van der Waals surface area contributed by atoms with Crippen LogP contribution >= 0.6 is 0 Å². The second kappa shape index (κ2) is 8.69. The number of nitrogens with one attached hydrogen (secondary N) is 1. The number of para-hydroxylation sites is 1. The van der Waals surface area contributed by atoms with Crippen LogP contribution in [0.3, 0.4) is 0 Å². The highest BCUT2D eigenvalue weighted by molar-refractivity contribution is 5.95. The maximum Gasteiger partial charge on any atom is 0.274 e. The molecule has 0 radical (unpaired) electrons. The van der Waals surface area contributed by atoms with Gasteiger partial charge >= 0.3 is 0 Å². The molecule has 0 spiro atoms. The summed E-state index contributed by atoms with van der Waals surface area (Å²) in [4.78, 5) is 17.4. The van der Waals surface area contributed by atoms with Crippen LogP contribution in [0.4, 0.5) is 0 Å². The van der Waals surface area contributed by atoms with E-state index in [0.717, 1.165) is 11.3 Å². The lowest BCUT2D eigenvalue weighted by Gasteiger charge is -2.10. The van der Waals surface area contributed by atoms with Crippen molar-refractivity contribution in [2.24, 2.45) is 0 Å². The molecule has 0 atom stereocenters. The van der Waals surface area contributed by atoms with Crippen molar-refractivity contribution in [1.82, 2.24) is 5.48 Å². The van der Waals surface area contributed by atoms with Gasteiger partial charge in [0.2, 0.25) is 0 Å². The Labute approximate surface area is 151 Å². The molecular weight excluding hydrogens is 330 g/mol. The molecule has 3 rings (SSSR count). The third-order valence-corrected chi connectivity index (χ3v) is 3.71. The van der Waals surface area contributed by atoms with Crippen molar-refractivity contribution < 1.29 is 19.5 Å². The summed E-state index contributed by atoms with van der Waals surface area (Å²) in [6.45, 7) is 0.527. The molecule has 3 aromatic carbocycles. The minimum absolute atomic E-state index is 0.116. The molecule has 0 aliphatic heterocycles. The van der Waals surface area contributed by atoms with Crippen LogP contribution in [0.1, 0.15) is 10.4 Å². The van der Waals surface area contributed by atoms with Gasteiger partial charge in [-0.2, -0.15) is 0 Å². The van der Waals surface area contributed by atoms with Crippen LogP contribution in [-0.2, 0) is 4.84 Å². The van der Waals surface area contributed by atoms with Crippen molar-refractivity contribution in [3.8, 4) is 22.6 Å². The average molecular weight is 349 g/mol. The first-order valence-corrected chi connectivity index (χ1v) is 8.22. The number of ether oxygens (including phenoxy) is 1. The van der Waals surface area contributed by atoms with Gasteiger partial charge in [0.25, 0.3) is 5.91 Å². The lowest BCUT2D eigenvalue weighted by molar-refractivity contribution is 0.0200. The maximum absolute atomic E-state index is 12.2. The molecule has 3 aromatic rings. The van der Waals surface area contributed by atoms with Crippen molar-refractivity contribution in [2.45, 2.75) is 0 Å². The summed E-state index contributed by atoms with van der Waals surface area (Å²) in [5, 5.41) is 10.0. The number of carbonyl (C=O) groups excluding carboxylic acids is 1. The highest BCUT2D eigenvalue weighted by atomic mass is 16.7. The molecule has 0 saturated heterocycles. The summed E-state index contributed by atoms with van der Waals surface area (Å²) in [7, 11) is 0. The summed E-state index contributed by atoms with van der Waals surface area (Å²) in [6.07, 6.45) is 0. The van der Waals surface area contributed by atoms with Gasteiger partial charge in [-0.1, -0.05) is 48.5 Å². The zero-order chi connectivity index (χ0) is 18.2. The fourth-order valence-corrected chi connectivity index (χ4v) is 2.42. The first kappa shape index (κ1) is 17.5. The number of hydrogen-bond donors (Lipinski definition) is 2. The number of amides is 1. The van der Waals surface area contributed by atoms with E-state index in [1.807, 2.05) is 60.7 Å². The summed E-state index contributed by atoms with van der Waals surface area (Å²) >= 11 is 0. The lowest BCUT2D eigenvalue weighted by atomic mass is 10.0. The van der Waals surface area contributed by atoms with Gasteiger partial charge in [0.05, 0.1) is 0 Å². The van der Waals surface area contributed by atoms with Gasteiger partial charge in [-0.05, 0) is 35.9 Å². The summed E-state index contributed by atoms with van der Waals surface area (Å²) < 4.78 is 5.48. The molecular formula is C21H19NO4. The van der Waals surface area contributed by atoms with Crippen LogP contribution in [0, 0.1) is 0 Å². The minimum Gasteiger partial charge on any atom is -0.507 e. The average Bonchev–Trinajstić information content (AvgIpc) is 2.69.